The van der Waals surface area contributed by atoms with E-state index >= 15 is 0 Å². The van der Waals surface area contributed by atoms with Crippen LogP contribution in [0.4, 0.5) is 17.3 Å². The minimum Gasteiger partial charge on any atom is -0.478 e. The maximum absolute atomic E-state index is 11.2. The van der Waals surface area contributed by atoms with Crippen LogP contribution >= 0.6 is 23.2 Å². The van der Waals surface area contributed by atoms with Crippen LogP contribution in [0.3, 0.4) is 0 Å². The van der Waals surface area contributed by atoms with Crippen molar-refractivity contribution in [3.8, 4) is 11.6 Å². The number of aryl methyl sites for hydroxylation is 1. The summed E-state index contributed by atoms with van der Waals surface area (Å²) in [5, 5.41) is 23.4. The average Bonchev–Trinajstić information content (AvgIpc) is 2.90. The van der Waals surface area contributed by atoms with Gasteiger partial charge in [-0.1, -0.05) is 53.5 Å². The molecule has 0 saturated heterocycles. The highest BCUT2D eigenvalue weighted by Gasteiger charge is 2.10. The second kappa shape index (κ2) is 12.3. The molecule has 0 amide bonds. The number of fused-ring (bicyclic) bond motifs is 1. The first kappa shape index (κ1) is 28.2. The van der Waals surface area contributed by atoms with Crippen molar-refractivity contribution in [2.75, 3.05) is 11.1 Å². The van der Waals surface area contributed by atoms with Crippen LogP contribution < -0.4 is 15.8 Å². The number of rotatable bonds is 6. The number of ether oxygens (including phenoxy) is 1. The first-order chi connectivity index (χ1) is 19.1. The van der Waals surface area contributed by atoms with Gasteiger partial charge in [0.2, 0.25) is 11.8 Å². The van der Waals surface area contributed by atoms with Gasteiger partial charge in [0.05, 0.1) is 11.1 Å². The summed E-state index contributed by atoms with van der Waals surface area (Å²) >= 11 is 11.5. The standard InChI is InChI=1S/C22H16ClN3O3.C7H6ClNO2/c1-13-6-7-19(18-5-3-2-4-17(13)18)29-20-8-9-24-22(26-20)25-16-11-14(21(27)28)10-15(23)12-16;8-5-1-4(7(10)11)2-6(9)3-5/h2-12H,1H3,(H,27,28)(H,24,25,26);1-3H,9H2,(H,10,11). The number of nitrogens with one attached hydrogen (secondary N) is 1. The number of nitrogens with two attached hydrogens (primary N) is 1. The molecule has 0 aliphatic carbocycles. The monoisotopic (exact) mass is 576 g/mol. The summed E-state index contributed by atoms with van der Waals surface area (Å²) < 4.78 is 6.00. The van der Waals surface area contributed by atoms with E-state index in [-0.39, 0.29) is 17.1 Å². The third-order valence-electron chi connectivity index (χ3n) is 5.51. The van der Waals surface area contributed by atoms with E-state index in [0.717, 1.165) is 16.3 Å². The van der Waals surface area contributed by atoms with E-state index in [0.29, 0.717) is 33.0 Å². The summed E-state index contributed by atoms with van der Waals surface area (Å²) in [7, 11) is 0. The number of carbonyl (C=O) groups is 2. The van der Waals surface area contributed by atoms with Crippen LogP contribution in [0.2, 0.25) is 10.0 Å². The average molecular weight is 577 g/mol. The van der Waals surface area contributed by atoms with Crippen molar-refractivity contribution < 1.29 is 24.5 Å². The largest absolute Gasteiger partial charge is 0.478 e. The van der Waals surface area contributed by atoms with Crippen molar-refractivity contribution in [3.05, 3.63) is 112 Å². The smallest absolute Gasteiger partial charge is 0.335 e. The number of carboxylic acids is 2. The SMILES string of the molecule is Cc1ccc(Oc2ccnc(Nc3cc(Cl)cc(C(=O)O)c3)n2)c2ccccc12.Nc1cc(Cl)cc(C(=O)O)c1. The summed E-state index contributed by atoms with van der Waals surface area (Å²) in [5.41, 5.74) is 7.51. The minimum absolute atomic E-state index is 0.0681. The van der Waals surface area contributed by atoms with Crippen LogP contribution in [0.5, 0.6) is 11.6 Å². The molecule has 0 unspecified atom stereocenters. The zero-order valence-electron chi connectivity index (χ0n) is 20.9. The Labute approximate surface area is 238 Å². The minimum atomic E-state index is -1.07. The van der Waals surface area contributed by atoms with Gasteiger partial charge in [-0.25, -0.2) is 14.6 Å². The zero-order valence-corrected chi connectivity index (χ0v) is 22.4. The van der Waals surface area contributed by atoms with Crippen molar-refractivity contribution >= 4 is 63.2 Å². The molecular weight excluding hydrogens is 555 g/mol. The topological polar surface area (TPSA) is 148 Å². The molecule has 202 valence electrons. The molecule has 0 bridgehead atoms. The van der Waals surface area contributed by atoms with Crippen LogP contribution in [0.25, 0.3) is 10.8 Å². The third kappa shape index (κ3) is 7.16. The third-order valence-corrected chi connectivity index (χ3v) is 5.95. The van der Waals surface area contributed by atoms with Gasteiger partial charge in [0.1, 0.15) is 5.75 Å². The molecule has 5 aromatic rings. The molecule has 0 fully saturated rings. The molecule has 0 aliphatic rings. The van der Waals surface area contributed by atoms with Gasteiger partial charge in [-0.2, -0.15) is 4.98 Å². The highest BCUT2D eigenvalue weighted by Crippen LogP contribution is 2.31. The number of hydrogen-bond acceptors (Lipinski definition) is 7. The van der Waals surface area contributed by atoms with Crippen molar-refractivity contribution in [2.24, 2.45) is 0 Å². The Morgan fingerprint density at radius 1 is 0.850 bits per heavy atom. The molecule has 5 N–H and O–H groups in total. The maximum atomic E-state index is 11.2. The highest BCUT2D eigenvalue weighted by molar-refractivity contribution is 6.31. The summed E-state index contributed by atoms with van der Waals surface area (Å²) in [6, 6.07) is 22.2. The van der Waals surface area contributed by atoms with Crippen molar-refractivity contribution in [1.82, 2.24) is 9.97 Å². The molecule has 0 spiro atoms. The molecular formula is C29H22Cl2N4O5. The van der Waals surface area contributed by atoms with E-state index in [1.807, 2.05) is 36.4 Å². The lowest BCUT2D eigenvalue weighted by molar-refractivity contribution is 0.0686. The lowest BCUT2D eigenvalue weighted by Gasteiger charge is -2.11. The number of anilines is 3. The van der Waals surface area contributed by atoms with Gasteiger partial charge in [0.25, 0.3) is 0 Å². The molecule has 5 rings (SSSR count). The normalized spacial score (nSPS) is 10.4. The Morgan fingerprint density at radius 3 is 2.17 bits per heavy atom. The first-order valence-corrected chi connectivity index (χ1v) is 12.4. The van der Waals surface area contributed by atoms with Crippen molar-refractivity contribution in [3.63, 3.8) is 0 Å². The maximum Gasteiger partial charge on any atom is 0.335 e. The van der Waals surface area contributed by atoms with Crippen LogP contribution in [0, 0.1) is 6.92 Å². The number of nitrogen functional groups attached to an aromatic ring is 1. The molecule has 9 nitrogen and oxygen atoms in total. The highest BCUT2D eigenvalue weighted by atomic mass is 35.5. The number of nitrogens with zero attached hydrogens (tertiary/aromatic N) is 2. The second-order valence-electron chi connectivity index (χ2n) is 8.48. The lowest BCUT2D eigenvalue weighted by atomic mass is 10.1. The molecule has 0 saturated carbocycles. The van der Waals surface area contributed by atoms with Crippen molar-refractivity contribution in [1.29, 1.82) is 0 Å². The zero-order chi connectivity index (χ0) is 28.8. The van der Waals surface area contributed by atoms with Gasteiger partial charge in [-0.15, -0.1) is 0 Å². The van der Waals surface area contributed by atoms with E-state index < -0.39 is 11.9 Å². The fourth-order valence-corrected chi connectivity index (χ4v) is 4.21. The van der Waals surface area contributed by atoms with Gasteiger partial charge in [0, 0.05) is 39.1 Å². The van der Waals surface area contributed by atoms with E-state index in [4.69, 9.17) is 38.8 Å². The van der Waals surface area contributed by atoms with Crippen LogP contribution in [0.15, 0.2) is 85.1 Å². The quantitative estimate of drug-likeness (QED) is 0.151. The Bertz CT molecular complexity index is 1710. The molecule has 1 aromatic heterocycles. The predicted octanol–water partition coefficient (Wildman–Crippen LogP) is 7.45. The molecule has 0 radical (unpaired) electrons. The van der Waals surface area contributed by atoms with Gasteiger partial charge >= 0.3 is 11.9 Å². The van der Waals surface area contributed by atoms with Crippen molar-refractivity contribution in [2.45, 2.75) is 6.92 Å². The summed E-state index contributed by atoms with van der Waals surface area (Å²) in [6.07, 6.45) is 1.56. The number of aromatic nitrogens is 2. The molecule has 4 aromatic carbocycles. The predicted molar refractivity (Wildman–Crippen MR) is 155 cm³/mol. The fraction of sp³-hybridized carbons (Fsp3) is 0.0345. The number of benzene rings is 4. The lowest BCUT2D eigenvalue weighted by Crippen LogP contribution is -2.01. The molecule has 1 heterocycles. The van der Waals surface area contributed by atoms with E-state index in [1.54, 1.807) is 18.3 Å². The molecule has 0 atom stereocenters. The summed E-state index contributed by atoms with van der Waals surface area (Å²) in [6.45, 7) is 2.05. The molecule has 40 heavy (non-hydrogen) atoms. The van der Waals surface area contributed by atoms with Gasteiger partial charge in [-0.05, 0) is 60.3 Å². The van der Waals surface area contributed by atoms with E-state index in [2.05, 4.69) is 22.2 Å². The first-order valence-electron chi connectivity index (χ1n) is 11.7. The van der Waals surface area contributed by atoms with Gasteiger partial charge in [0.15, 0.2) is 0 Å². The number of carboxylic acid groups (broad SMARTS) is 2. The fourth-order valence-electron chi connectivity index (χ4n) is 3.73. The summed E-state index contributed by atoms with van der Waals surface area (Å²) in [4.78, 5) is 30.1. The number of halogens is 2. The number of aromatic carboxylic acids is 2. The Balaban J connectivity index is 0.000000283. The summed E-state index contributed by atoms with van der Waals surface area (Å²) in [5.74, 6) is -0.791. The second-order valence-corrected chi connectivity index (χ2v) is 9.36. The number of hydrogen-bond donors (Lipinski definition) is 4. The molecule has 0 aliphatic heterocycles. The van der Waals surface area contributed by atoms with E-state index in [9.17, 15) is 14.7 Å². The van der Waals surface area contributed by atoms with Gasteiger partial charge in [-0.3, -0.25) is 0 Å². The van der Waals surface area contributed by atoms with Crippen LogP contribution in [-0.2, 0) is 0 Å². The van der Waals surface area contributed by atoms with E-state index in [1.165, 1.54) is 30.3 Å². The molecule has 11 heteroatoms. The van der Waals surface area contributed by atoms with Crippen LogP contribution in [-0.4, -0.2) is 32.1 Å². The Hall–Kier alpha value is -4.86. The Morgan fingerprint density at radius 2 is 1.50 bits per heavy atom. The Kier molecular flexibility index (Phi) is 8.68. The van der Waals surface area contributed by atoms with Gasteiger partial charge < -0.3 is 26.0 Å². The van der Waals surface area contributed by atoms with Crippen LogP contribution in [0.1, 0.15) is 26.3 Å².